The maximum atomic E-state index is 12.2. The average molecular weight is 239 g/mol. The fraction of sp³-hybridized carbons (Fsp3) is 0.846. The lowest BCUT2D eigenvalue weighted by molar-refractivity contribution is 0.0446. The molecule has 1 fully saturated rings. The number of aliphatic imine (C=N–C) groups is 1. The molecule has 0 spiro atoms. The summed E-state index contributed by atoms with van der Waals surface area (Å²) in [6.45, 7) is 9.74. The largest absolute Gasteiger partial charge is 0.323 e. The van der Waals surface area contributed by atoms with Crippen molar-refractivity contribution in [2.45, 2.75) is 33.6 Å². The Kier molecular flexibility index (Phi) is 4.97. The second-order valence-corrected chi connectivity index (χ2v) is 5.54. The number of amides is 2. The van der Waals surface area contributed by atoms with Gasteiger partial charge in [-0.1, -0.05) is 27.2 Å². The first-order valence-corrected chi connectivity index (χ1v) is 6.44. The molecule has 0 saturated carbocycles. The maximum absolute atomic E-state index is 12.2. The van der Waals surface area contributed by atoms with Crippen LogP contribution in [0.1, 0.15) is 33.6 Å². The van der Waals surface area contributed by atoms with Crippen LogP contribution in [0.2, 0.25) is 0 Å². The fourth-order valence-electron chi connectivity index (χ4n) is 2.12. The van der Waals surface area contributed by atoms with Gasteiger partial charge in [0.2, 0.25) is 0 Å². The molecule has 1 rings (SSSR count). The van der Waals surface area contributed by atoms with Crippen molar-refractivity contribution < 1.29 is 4.79 Å². The Labute approximate surface area is 105 Å². The molecule has 1 heterocycles. The quantitative estimate of drug-likeness (QED) is 0.678. The van der Waals surface area contributed by atoms with Crippen LogP contribution >= 0.6 is 0 Å². The van der Waals surface area contributed by atoms with Gasteiger partial charge in [-0.3, -0.25) is 4.99 Å². The highest BCUT2D eigenvalue weighted by molar-refractivity contribution is 5.78. The molecule has 1 aliphatic rings. The van der Waals surface area contributed by atoms with Gasteiger partial charge in [-0.25, -0.2) is 4.79 Å². The molecule has 0 atom stereocenters. The van der Waals surface area contributed by atoms with Crippen LogP contribution < -0.4 is 0 Å². The topological polar surface area (TPSA) is 35.9 Å². The van der Waals surface area contributed by atoms with E-state index in [1.807, 2.05) is 9.80 Å². The molecule has 0 radical (unpaired) electrons. The molecule has 1 aliphatic heterocycles. The second-order valence-electron chi connectivity index (χ2n) is 5.54. The normalized spacial score (nSPS) is 18.2. The van der Waals surface area contributed by atoms with Crippen molar-refractivity contribution in [1.29, 1.82) is 0 Å². The Hall–Kier alpha value is -1.06. The number of rotatable bonds is 5. The van der Waals surface area contributed by atoms with Gasteiger partial charge in [0.25, 0.3) is 0 Å². The lowest BCUT2D eigenvalue weighted by Crippen LogP contribution is -2.59. The molecule has 0 aromatic heterocycles. The number of nitrogens with zero attached hydrogens (tertiary/aromatic N) is 3. The smallest absolute Gasteiger partial charge is 0.320 e. The third-order valence-corrected chi connectivity index (χ3v) is 3.05. The predicted molar refractivity (Wildman–Crippen MR) is 71.6 cm³/mol. The zero-order chi connectivity index (χ0) is 12.9. The highest BCUT2D eigenvalue weighted by atomic mass is 16.2. The number of unbranched alkanes of at least 4 members (excludes halogenated alkanes) is 1. The van der Waals surface area contributed by atoms with E-state index in [4.69, 9.17) is 0 Å². The molecule has 2 amide bonds. The lowest BCUT2D eigenvalue weighted by atomic mass is 9.85. The maximum Gasteiger partial charge on any atom is 0.320 e. The van der Waals surface area contributed by atoms with Gasteiger partial charge >= 0.3 is 6.03 Å². The highest BCUT2D eigenvalue weighted by Crippen LogP contribution is 2.29. The minimum absolute atomic E-state index is 0.165. The summed E-state index contributed by atoms with van der Waals surface area (Å²) in [4.78, 5) is 20.0. The van der Waals surface area contributed by atoms with Crippen molar-refractivity contribution in [3.8, 4) is 0 Å². The monoisotopic (exact) mass is 239 g/mol. The molecule has 0 bridgehead atoms. The molecular weight excluding hydrogens is 214 g/mol. The van der Waals surface area contributed by atoms with E-state index in [-0.39, 0.29) is 6.03 Å². The van der Waals surface area contributed by atoms with Gasteiger partial charge in [0.15, 0.2) is 0 Å². The molecule has 0 aromatic carbocycles. The molecule has 4 nitrogen and oxygen atoms in total. The van der Waals surface area contributed by atoms with Crippen molar-refractivity contribution in [2.24, 2.45) is 10.4 Å². The van der Waals surface area contributed by atoms with Crippen LogP contribution in [0.5, 0.6) is 0 Å². The zero-order valence-corrected chi connectivity index (χ0v) is 11.6. The van der Waals surface area contributed by atoms with E-state index in [0.29, 0.717) is 12.0 Å². The minimum atomic E-state index is 0.165. The van der Waals surface area contributed by atoms with E-state index in [1.165, 1.54) is 0 Å². The van der Waals surface area contributed by atoms with Gasteiger partial charge < -0.3 is 9.80 Å². The van der Waals surface area contributed by atoms with Crippen LogP contribution in [0, 0.1) is 5.41 Å². The van der Waals surface area contributed by atoms with Crippen LogP contribution in [-0.4, -0.2) is 55.3 Å². The van der Waals surface area contributed by atoms with E-state index < -0.39 is 0 Å². The molecule has 1 saturated heterocycles. The number of likely N-dealkylation sites (tertiary alicyclic amines) is 1. The molecule has 0 aliphatic carbocycles. The number of carbonyl (C=O) groups is 1. The molecule has 0 unspecified atom stereocenters. The summed E-state index contributed by atoms with van der Waals surface area (Å²) in [5, 5.41) is 0. The number of hydrogen-bond donors (Lipinski definition) is 0. The molecular formula is C13H25N3O. The minimum Gasteiger partial charge on any atom is -0.323 e. The van der Waals surface area contributed by atoms with Crippen molar-refractivity contribution in [2.75, 3.05) is 33.2 Å². The van der Waals surface area contributed by atoms with Crippen molar-refractivity contribution in [1.82, 2.24) is 9.80 Å². The fourth-order valence-corrected chi connectivity index (χ4v) is 2.12. The number of carbonyl (C=O) groups excluding carboxylic acids is 1. The van der Waals surface area contributed by atoms with Gasteiger partial charge in [0, 0.05) is 38.3 Å². The van der Waals surface area contributed by atoms with Crippen molar-refractivity contribution in [3.05, 3.63) is 0 Å². The first-order valence-electron chi connectivity index (χ1n) is 6.44. The Morgan fingerprint density at radius 3 is 2.59 bits per heavy atom. The SMILES string of the molecule is CCCCN(CC=NC)C(=O)N1CC(C)(C)C1. The molecule has 98 valence electrons. The summed E-state index contributed by atoms with van der Waals surface area (Å²) in [5.74, 6) is 0. The van der Waals surface area contributed by atoms with E-state index in [0.717, 1.165) is 32.5 Å². The van der Waals surface area contributed by atoms with Crippen LogP contribution in [0.3, 0.4) is 0 Å². The Morgan fingerprint density at radius 2 is 2.12 bits per heavy atom. The third-order valence-electron chi connectivity index (χ3n) is 3.05. The Balaban J connectivity index is 2.48. The molecule has 0 aromatic rings. The Morgan fingerprint density at radius 1 is 1.47 bits per heavy atom. The summed E-state index contributed by atoms with van der Waals surface area (Å²) >= 11 is 0. The van der Waals surface area contributed by atoms with Gasteiger partial charge in [0.1, 0.15) is 0 Å². The summed E-state index contributed by atoms with van der Waals surface area (Å²) in [6, 6.07) is 0.165. The van der Waals surface area contributed by atoms with E-state index in [1.54, 1.807) is 13.3 Å². The van der Waals surface area contributed by atoms with E-state index in [9.17, 15) is 4.79 Å². The lowest BCUT2D eigenvalue weighted by Gasteiger charge is -2.47. The summed E-state index contributed by atoms with van der Waals surface area (Å²) in [6.07, 6.45) is 3.97. The van der Waals surface area contributed by atoms with E-state index >= 15 is 0 Å². The van der Waals surface area contributed by atoms with Gasteiger partial charge in [-0.05, 0) is 6.42 Å². The van der Waals surface area contributed by atoms with E-state index in [2.05, 4.69) is 25.8 Å². The van der Waals surface area contributed by atoms with Gasteiger partial charge in [-0.2, -0.15) is 0 Å². The summed E-state index contributed by atoms with van der Waals surface area (Å²) < 4.78 is 0. The molecule has 0 N–H and O–H groups in total. The third kappa shape index (κ3) is 4.02. The molecule has 17 heavy (non-hydrogen) atoms. The van der Waals surface area contributed by atoms with Crippen LogP contribution in [0.4, 0.5) is 4.79 Å². The predicted octanol–water partition coefficient (Wildman–Crippen LogP) is 2.25. The highest BCUT2D eigenvalue weighted by Gasteiger charge is 2.38. The summed E-state index contributed by atoms with van der Waals surface area (Å²) in [5.41, 5.74) is 0.297. The standard InChI is InChI=1S/C13H25N3O/c1-5-6-8-15(9-7-14-4)12(17)16-10-13(2,3)11-16/h7H,5-6,8-11H2,1-4H3. The van der Waals surface area contributed by atoms with Gasteiger partial charge in [0.05, 0.1) is 6.54 Å². The van der Waals surface area contributed by atoms with Crippen LogP contribution in [-0.2, 0) is 0 Å². The second kappa shape index (κ2) is 6.03. The number of urea groups is 1. The Bertz CT molecular complexity index is 278. The van der Waals surface area contributed by atoms with Crippen molar-refractivity contribution >= 4 is 12.2 Å². The number of hydrogen-bond acceptors (Lipinski definition) is 2. The van der Waals surface area contributed by atoms with Crippen LogP contribution in [0.15, 0.2) is 4.99 Å². The molecule has 4 heteroatoms. The van der Waals surface area contributed by atoms with Crippen LogP contribution in [0.25, 0.3) is 0 Å². The van der Waals surface area contributed by atoms with Crippen molar-refractivity contribution in [3.63, 3.8) is 0 Å². The van der Waals surface area contributed by atoms with Gasteiger partial charge in [-0.15, -0.1) is 0 Å². The first-order chi connectivity index (χ1) is 8.00. The average Bonchev–Trinajstić information content (AvgIpc) is 2.25. The summed E-state index contributed by atoms with van der Waals surface area (Å²) in [7, 11) is 1.75. The first kappa shape index (κ1) is 14.0. The zero-order valence-electron chi connectivity index (χ0n) is 11.6.